The molecule has 0 aliphatic rings. The minimum atomic E-state index is -4.38. The van der Waals surface area contributed by atoms with E-state index < -0.39 is 11.7 Å². The van der Waals surface area contributed by atoms with Gasteiger partial charge in [-0.05, 0) is 65.7 Å². The van der Waals surface area contributed by atoms with Crippen molar-refractivity contribution >= 4 is 23.2 Å². The summed E-state index contributed by atoms with van der Waals surface area (Å²) in [5.41, 5.74) is 2.08. The van der Waals surface area contributed by atoms with Crippen LogP contribution in [0.3, 0.4) is 0 Å². The van der Waals surface area contributed by atoms with Crippen molar-refractivity contribution < 1.29 is 27.5 Å². The summed E-state index contributed by atoms with van der Waals surface area (Å²) in [4.78, 5) is 24.3. The fourth-order valence-corrected chi connectivity index (χ4v) is 3.24. The lowest BCUT2D eigenvalue weighted by molar-refractivity contribution is -0.137. The molecule has 3 aromatic carbocycles. The Morgan fingerprint density at radius 3 is 2.06 bits per heavy atom. The van der Waals surface area contributed by atoms with E-state index >= 15 is 0 Å². The fraction of sp³-hybridized carbons (Fsp3) is 0.200. The maximum atomic E-state index is 12.8. The number of amides is 2. The standard InChI is InChI=1S/C25H24F3N3O3/c1-16(32)30-22-12-18(15-29-14-17-3-5-20(6-4-17)25(26,27)28)11-19(13-22)24(33)31-21-7-9-23(34-2)10-8-21/h3-13,29H,14-15H2,1-2H3,(H,30,32)(H,31,33). The number of carbonyl (C=O) groups excluding carboxylic acids is 2. The third-order valence-corrected chi connectivity index (χ3v) is 4.86. The Morgan fingerprint density at radius 2 is 1.47 bits per heavy atom. The van der Waals surface area contributed by atoms with Crippen LogP contribution in [0.15, 0.2) is 66.7 Å². The van der Waals surface area contributed by atoms with E-state index in [9.17, 15) is 22.8 Å². The molecule has 0 unspecified atom stereocenters. The van der Waals surface area contributed by atoms with Crippen LogP contribution in [-0.2, 0) is 24.1 Å². The first-order chi connectivity index (χ1) is 16.1. The Bertz CT molecular complexity index is 1140. The molecule has 0 spiro atoms. The molecule has 178 valence electrons. The highest BCUT2D eigenvalue weighted by atomic mass is 19.4. The van der Waals surface area contributed by atoms with Crippen molar-refractivity contribution in [3.63, 3.8) is 0 Å². The van der Waals surface area contributed by atoms with Crippen LogP contribution >= 0.6 is 0 Å². The first-order valence-corrected chi connectivity index (χ1v) is 10.4. The van der Waals surface area contributed by atoms with Gasteiger partial charge in [-0.1, -0.05) is 12.1 Å². The number of nitrogens with one attached hydrogen (secondary N) is 3. The van der Waals surface area contributed by atoms with Crippen molar-refractivity contribution in [2.75, 3.05) is 17.7 Å². The van der Waals surface area contributed by atoms with Crippen LogP contribution in [0.4, 0.5) is 24.5 Å². The fourth-order valence-electron chi connectivity index (χ4n) is 3.24. The summed E-state index contributed by atoms with van der Waals surface area (Å²) in [6.45, 7) is 2.03. The van der Waals surface area contributed by atoms with Gasteiger partial charge in [0.25, 0.3) is 5.91 Å². The molecule has 0 saturated heterocycles. The number of halogens is 3. The molecule has 34 heavy (non-hydrogen) atoms. The number of benzene rings is 3. The van der Waals surface area contributed by atoms with Gasteiger partial charge in [0.05, 0.1) is 12.7 Å². The molecular weight excluding hydrogens is 447 g/mol. The number of hydrogen-bond donors (Lipinski definition) is 3. The van der Waals surface area contributed by atoms with E-state index in [4.69, 9.17) is 4.74 Å². The van der Waals surface area contributed by atoms with E-state index in [1.807, 2.05) is 0 Å². The zero-order valence-electron chi connectivity index (χ0n) is 18.6. The molecule has 0 fully saturated rings. The molecule has 0 heterocycles. The van der Waals surface area contributed by atoms with Crippen LogP contribution in [0.5, 0.6) is 5.75 Å². The number of anilines is 2. The maximum absolute atomic E-state index is 12.8. The summed E-state index contributed by atoms with van der Waals surface area (Å²) < 4.78 is 43.2. The minimum Gasteiger partial charge on any atom is -0.497 e. The van der Waals surface area contributed by atoms with Crippen LogP contribution in [0.1, 0.15) is 34.0 Å². The molecule has 2 amide bonds. The predicted octanol–water partition coefficient (Wildman–Crippen LogP) is 5.21. The second kappa shape index (κ2) is 10.8. The van der Waals surface area contributed by atoms with Gasteiger partial charge in [-0.3, -0.25) is 9.59 Å². The Kier molecular flexibility index (Phi) is 7.91. The van der Waals surface area contributed by atoms with Crippen LogP contribution < -0.4 is 20.7 Å². The second-order valence-corrected chi connectivity index (χ2v) is 7.58. The summed E-state index contributed by atoms with van der Waals surface area (Å²) in [7, 11) is 1.55. The van der Waals surface area contributed by atoms with E-state index in [0.29, 0.717) is 41.3 Å². The SMILES string of the molecule is COc1ccc(NC(=O)c2cc(CNCc3ccc(C(F)(F)F)cc3)cc(NC(C)=O)c2)cc1. The monoisotopic (exact) mass is 471 g/mol. The molecule has 0 aliphatic carbocycles. The van der Waals surface area contributed by atoms with Crippen molar-refractivity contribution in [3.8, 4) is 5.75 Å². The minimum absolute atomic E-state index is 0.281. The highest BCUT2D eigenvalue weighted by Crippen LogP contribution is 2.29. The van der Waals surface area contributed by atoms with Crippen molar-refractivity contribution in [1.29, 1.82) is 0 Å². The zero-order valence-corrected chi connectivity index (χ0v) is 18.6. The van der Waals surface area contributed by atoms with Gasteiger partial charge in [-0.25, -0.2) is 0 Å². The maximum Gasteiger partial charge on any atom is 0.416 e. The summed E-state index contributed by atoms with van der Waals surface area (Å²) >= 11 is 0. The van der Waals surface area contributed by atoms with Crippen molar-refractivity contribution in [2.45, 2.75) is 26.2 Å². The molecule has 0 aromatic heterocycles. The topological polar surface area (TPSA) is 79.5 Å². The van der Waals surface area contributed by atoms with E-state index in [1.54, 1.807) is 49.6 Å². The molecule has 3 rings (SSSR count). The van der Waals surface area contributed by atoms with Crippen LogP contribution in [0.25, 0.3) is 0 Å². The highest BCUT2D eigenvalue weighted by Gasteiger charge is 2.29. The molecule has 3 aromatic rings. The summed E-state index contributed by atoms with van der Waals surface area (Å²) in [6, 6.07) is 16.7. The van der Waals surface area contributed by atoms with Crippen LogP contribution in [0, 0.1) is 0 Å². The Balaban J connectivity index is 1.70. The number of hydrogen-bond acceptors (Lipinski definition) is 4. The average Bonchev–Trinajstić information content (AvgIpc) is 2.79. The molecule has 6 nitrogen and oxygen atoms in total. The van der Waals surface area contributed by atoms with Gasteiger partial charge < -0.3 is 20.7 Å². The first-order valence-electron chi connectivity index (χ1n) is 10.4. The van der Waals surface area contributed by atoms with E-state index in [2.05, 4.69) is 16.0 Å². The van der Waals surface area contributed by atoms with E-state index in [-0.39, 0.29) is 11.8 Å². The molecule has 0 radical (unpaired) electrons. The normalized spacial score (nSPS) is 11.1. The Labute approximate surface area is 195 Å². The van der Waals surface area contributed by atoms with Gasteiger partial charge in [0.15, 0.2) is 0 Å². The average molecular weight is 471 g/mol. The first kappa shape index (κ1) is 24.8. The van der Waals surface area contributed by atoms with Gasteiger partial charge in [-0.2, -0.15) is 13.2 Å². The predicted molar refractivity (Wildman–Crippen MR) is 124 cm³/mol. The number of alkyl halides is 3. The highest BCUT2D eigenvalue weighted by molar-refractivity contribution is 6.05. The largest absolute Gasteiger partial charge is 0.497 e. The van der Waals surface area contributed by atoms with Gasteiger partial charge in [0.2, 0.25) is 5.91 Å². The lowest BCUT2D eigenvalue weighted by atomic mass is 10.1. The van der Waals surface area contributed by atoms with Gasteiger partial charge >= 0.3 is 6.18 Å². The second-order valence-electron chi connectivity index (χ2n) is 7.58. The quantitative estimate of drug-likeness (QED) is 0.421. The molecule has 3 N–H and O–H groups in total. The van der Waals surface area contributed by atoms with Gasteiger partial charge in [0.1, 0.15) is 5.75 Å². The molecule has 0 bridgehead atoms. The zero-order chi connectivity index (χ0) is 24.7. The number of methoxy groups -OCH3 is 1. The number of carbonyl (C=O) groups is 2. The lowest BCUT2D eigenvalue weighted by Gasteiger charge is -2.12. The molecule has 0 aliphatic heterocycles. The molecule has 0 atom stereocenters. The lowest BCUT2D eigenvalue weighted by Crippen LogP contribution is -2.17. The molecular formula is C25H24F3N3O3. The summed E-state index contributed by atoms with van der Waals surface area (Å²) in [5, 5.41) is 8.62. The summed E-state index contributed by atoms with van der Waals surface area (Å²) in [5.74, 6) is 0.0183. The number of rotatable bonds is 8. The summed E-state index contributed by atoms with van der Waals surface area (Å²) in [6.07, 6.45) is -4.38. The number of ether oxygens (including phenoxy) is 1. The third-order valence-electron chi connectivity index (χ3n) is 4.86. The van der Waals surface area contributed by atoms with E-state index in [1.165, 1.54) is 19.1 Å². The third kappa shape index (κ3) is 7.08. The van der Waals surface area contributed by atoms with E-state index in [0.717, 1.165) is 17.7 Å². The van der Waals surface area contributed by atoms with Crippen molar-refractivity contribution in [3.05, 3.63) is 89.0 Å². The Hall–Kier alpha value is -3.85. The van der Waals surface area contributed by atoms with Gasteiger partial charge in [0, 0.05) is 37.0 Å². The van der Waals surface area contributed by atoms with Gasteiger partial charge in [-0.15, -0.1) is 0 Å². The van der Waals surface area contributed by atoms with Crippen LogP contribution in [-0.4, -0.2) is 18.9 Å². The Morgan fingerprint density at radius 1 is 0.824 bits per heavy atom. The van der Waals surface area contributed by atoms with Crippen LogP contribution in [0.2, 0.25) is 0 Å². The molecule has 0 saturated carbocycles. The van der Waals surface area contributed by atoms with Crippen molar-refractivity contribution in [1.82, 2.24) is 5.32 Å². The smallest absolute Gasteiger partial charge is 0.416 e. The van der Waals surface area contributed by atoms with Crippen molar-refractivity contribution in [2.24, 2.45) is 0 Å². The molecule has 9 heteroatoms.